The number of anilines is 3. The van der Waals surface area contributed by atoms with Gasteiger partial charge in [-0.15, -0.1) is 0 Å². The van der Waals surface area contributed by atoms with Gasteiger partial charge in [0, 0.05) is 44.4 Å². The molecule has 0 aliphatic carbocycles. The quantitative estimate of drug-likeness (QED) is 0.155. The number of hydrogen-bond donors (Lipinski definition) is 0. The lowest BCUT2D eigenvalue weighted by Gasteiger charge is -2.51. The van der Waals surface area contributed by atoms with E-state index in [4.69, 9.17) is 0 Å². The highest BCUT2D eigenvalue weighted by Crippen LogP contribution is 2.47. The summed E-state index contributed by atoms with van der Waals surface area (Å²) in [6, 6.07) is 47.5. The van der Waals surface area contributed by atoms with Gasteiger partial charge in [0.2, 0.25) is 13.4 Å². The molecule has 268 valence electrons. The number of nitrogens with zero attached hydrogens (tertiary/aromatic N) is 2. The van der Waals surface area contributed by atoms with E-state index in [0.717, 1.165) is 0 Å². The maximum absolute atomic E-state index is 2.70. The van der Waals surface area contributed by atoms with Gasteiger partial charge in [0.1, 0.15) is 0 Å². The summed E-state index contributed by atoms with van der Waals surface area (Å²) in [6.45, 7) is 19.1. The molecule has 0 bridgehead atoms. The summed E-state index contributed by atoms with van der Waals surface area (Å²) in [5.41, 5.74) is 27.3. The second-order valence-corrected chi connectivity index (χ2v) is 18.4. The molecule has 0 spiro atoms. The zero-order valence-corrected chi connectivity index (χ0v) is 33.6. The Morgan fingerprint density at radius 3 is 1.38 bits per heavy atom. The number of fused-ring (bicyclic) bond motifs is 11. The van der Waals surface area contributed by atoms with Gasteiger partial charge in [0.25, 0.3) is 0 Å². The molecule has 0 fully saturated rings. The molecule has 5 heterocycles. The van der Waals surface area contributed by atoms with Crippen molar-refractivity contribution in [3.05, 3.63) is 166 Å². The van der Waals surface area contributed by atoms with Crippen LogP contribution in [0.15, 0.2) is 121 Å². The second kappa shape index (κ2) is 10.6. The van der Waals surface area contributed by atoms with Gasteiger partial charge in [-0.1, -0.05) is 123 Å². The molecule has 1 aromatic heterocycles. The van der Waals surface area contributed by atoms with E-state index in [1.807, 2.05) is 0 Å². The summed E-state index contributed by atoms with van der Waals surface area (Å²) in [4.78, 5) is 2.70. The van der Waals surface area contributed by atoms with Crippen molar-refractivity contribution in [3.8, 4) is 5.69 Å². The Balaban J connectivity index is 1.29. The van der Waals surface area contributed by atoms with Gasteiger partial charge in [-0.25, -0.2) is 0 Å². The predicted octanol–water partition coefficient (Wildman–Crippen LogP) is 8.42. The van der Waals surface area contributed by atoms with Crippen LogP contribution in [-0.4, -0.2) is 18.0 Å². The van der Waals surface area contributed by atoms with E-state index in [1.54, 1.807) is 0 Å². The maximum Gasteiger partial charge on any atom is 0.247 e. The fourth-order valence-corrected chi connectivity index (χ4v) is 12.3. The Morgan fingerprint density at radius 1 is 0.464 bits per heavy atom. The average Bonchev–Trinajstić information content (AvgIpc) is 3.49. The zero-order chi connectivity index (χ0) is 38.2. The average molecular weight is 719 g/mol. The molecule has 0 N–H and O–H groups in total. The predicted molar refractivity (Wildman–Crippen MR) is 241 cm³/mol. The number of hydrogen-bond acceptors (Lipinski definition) is 1. The van der Waals surface area contributed by atoms with E-state index in [1.165, 1.54) is 122 Å². The first-order valence-corrected chi connectivity index (χ1v) is 20.4. The minimum atomic E-state index is -0.144. The van der Waals surface area contributed by atoms with Crippen LogP contribution < -0.4 is 37.7 Å². The van der Waals surface area contributed by atoms with Crippen LogP contribution in [0.1, 0.15) is 72.2 Å². The smallest absolute Gasteiger partial charge is 0.247 e. The van der Waals surface area contributed by atoms with Gasteiger partial charge < -0.3 is 9.47 Å². The van der Waals surface area contributed by atoms with E-state index < -0.39 is 0 Å². The monoisotopic (exact) mass is 718 g/mol. The van der Waals surface area contributed by atoms with Gasteiger partial charge in [0.05, 0.1) is 11.0 Å². The lowest BCUT2D eigenvalue weighted by Crippen LogP contribution is -2.70. The summed E-state index contributed by atoms with van der Waals surface area (Å²) in [7, 11) is 0. The summed E-state index contributed by atoms with van der Waals surface area (Å²) in [5.74, 6) is 0. The molecular formula is C52H44B2N2. The highest BCUT2D eigenvalue weighted by molar-refractivity contribution is 7.03. The zero-order valence-electron chi connectivity index (χ0n) is 33.6. The van der Waals surface area contributed by atoms with Crippen LogP contribution >= 0.6 is 0 Å². The first-order valence-electron chi connectivity index (χ1n) is 20.4. The molecule has 0 amide bonds. The maximum atomic E-state index is 2.70. The van der Waals surface area contributed by atoms with Crippen molar-refractivity contribution in [3.63, 3.8) is 0 Å². The first kappa shape index (κ1) is 32.5. The Bertz CT molecular complexity index is 2900. The van der Waals surface area contributed by atoms with Gasteiger partial charge in [-0.05, 0) is 131 Å². The van der Waals surface area contributed by atoms with Crippen LogP contribution in [0.2, 0.25) is 0 Å². The molecule has 0 unspecified atom stereocenters. The van der Waals surface area contributed by atoms with Crippen molar-refractivity contribution in [2.24, 2.45) is 0 Å². The minimum Gasteiger partial charge on any atom is -0.313 e. The SMILES string of the molecule is Cc1ccc2c(c1)c1cc(C)ccc1n2-c1cc2c3c(c1)B1c4ccccc4C(C)(C)c4c(C)ccc(c41)N3c1ccc(C)c3c1B2c1ccccc1C3(C)C. The molecule has 2 nitrogen and oxygen atoms in total. The lowest BCUT2D eigenvalue weighted by atomic mass is 9.26. The highest BCUT2D eigenvalue weighted by Gasteiger charge is 2.52. The van der Waals surface area contributed by atoms with Crippen LogP contribution in [0, 0.1) is 27.7 Å². The molecule has 0 saturated carbocycles. The van der Waals surface area contributed by atoms with Gasteiger partial charge in [0.15, 0.2) is 0 Å². The van der Waals surface area contributed by atoms with Crippen molar-refractivity contribution in [2.45, 2.75) is 66.2 Å². The Kier molecular flexibility index (Phi) is 6.13. The highest BCUT2D eigenvalue weighted by atomic mass is 15.2. The second-order valence-electron chi connectivity index (χ2n) is 18.4. The fraction of sp³-hybridized carbons (Fsp3) is 0.192. The van der Waals surface area contributed by atoms with E-state index in [2.05, 4.69) is 186 Å². The van der Waals surface area contributed by atoms with Crippen LogP contribution in [-0.2, 0) is 10.8 Å². The molecule has 56 heavy (non-hydrogen) atoms. The number of aryl methyl sites for hydroxylation is 4. The Labute approximate surface area is 331 Å². The van der Waals surface area contributed by atoms with Crippen molar-refractivity contribution >= 4 is 85.1 Å². The first-order chi connectivity index (χ1) is 27.0. The standard InChI is InChI=1S/C52H44B2N2/c1-29-17-21-42-34(25-29)35-26-30(2)18-22-43(35)55(42)33-27-40-50-41(28-33)54-39-16-12-10-14-37(39)52(7,8)47-32(4)20-24-45(49(47)54)56(50)44-23-19-31(3)46-48(44)53(40)38-15-11-9-13-36(38)51(46,5)6/h9-28H,1-8H3. The Hall–Kier alpha value is -5.73. The van der Waals surface area contributed by atoms with Gasteiger partial charge in [-0.2, -0.15) is 0 Å². The third kappa shape index (κ3) is 3.81. The summed E-state index contributed by atoms with van der Waals surface area (Å²) >= 11 is 0. The minimum absolute atomic E-state index is 0.105. The molecule has 4 aliphatic heterocycles. The molecule has 0 radical (unpaired) electrons. The third-order valence-corrected chi connectivity index (χ3v) is 14.4. The summed E-state index contributed by atoms with van der Waals surface area (Å²) < 4.78 is 2.57. The molecule has 4 heteroatoms. The van der Waals surface area contributed by atoms with Crippen LogP contribution in [0.3, 0.4) is 0 Å². The van der Waals surface area contributed by atoms with Crippen molar-refractivity contribution in [1.29, 1.82) is 0 Å². The lowest BCUT2D eigenvalue weighted by molar-refractivity contribution is 0.640. The van der Waals surface area contributed by atoms with Gasteiger partial charge >= 0.3 is 0 Å². The van der Waals surface area contributed by atoms with Gasteiger partial charge in [-0.3, -0.25) is 0 Å². The fourth-order valence-electron chi connectivity index (χ4n) is 12.3. The normalized spacial score (nSPS) is 16.0. The van der Waals surface area contributed by atoms with E-state index in [9.17, 15) is 0 Å². The van der Waals surface area contributed by atoms with Crippen molar-refractivity contribution in [2.75, 3.05) is 4.90 Å². The van der Waals surface area contributed by atoms with Crippen molar-refractivity contribution in [1.82, 2.24) is 4.57 Å². The number of rotatable bonds is 1. The molecule has 0 atom stereocenters. The largest absolute Gasteiger partial charge is 0.313 e. The topological polar surface area (TPSA) is 8.17 Å². The molecule has 7 aromatic carbocycles. The molecular weight excluding hydrogens is 674 g/mol. The summed E-state index contributed by atoms with van der Waals surface area (Å²) in [6.07, 6.45) is 0. The number of benzene rings is 7. The molecule has 8 aromatic rings. The molecule has 0 saturated heterocycles. The van der Waals surface area contributed by atoms with Crippen molar-refractivity contribution < 1.29 is 0 Å². The van der Waals surface area contributed by atoms with Crippen LogP contribution in [0.25, 0.3) is 27.5 Å². The van der Waals surface area contributed by atoms with Crippen LogP contribution in [0.4, 0.5) is 17.1 Å². The number of aromatic nitrogens is 1. The third-order valence-electron chi connectivity index (χ3n) is 14.4. The summed E-state index contributed by atoms with van der Waals surface area (Å²) in [5, 5.41) is 2.63. The van der Waals surface area contributed by atoms with E-state index in [0.29, 0.717) is 0 Å². The molecule has 4 aliphatic rings. The van der Waals surface area contributed by atoms with E-state index >= 15 is 0 Å². The molecule has 12 rings (SSSR count). The van der Waals surface area contributed by atoms with Crippen LogP contribution in [0.5, 0.6) is 0 Å². The van der Waals surface area contributed by atoms with E-state index in [-0.39, 0.29) is 24.3 Å². The Morgan fingerprint density at radius 2 is 0.911 bits per heavy atom.